The maximum absolute atomic E-state index is 13.3. The monoisotopic (exact) mass is 539 g/mol. The van der Waals surface area contributed by atoms with Crippen LogP contribution in [0.5, 0.6) is 11.5 Å². The van der Waals surface area contributed by atoms with Gasteiger partial charge in [-0.15, -0.1) is 0 Å². The van der Waals surface area contributed by atoms with Gasteiger partial charge in [-0.3, -0.25) is 4.79 Å². The van der Waals surface area contributed by atoms with Gasteiger partial charge in [-0.1, -0.05) is 30.6 Å². The van der Waals surface area contributed by atoms with Gasteiger partial charge in [0.05, 0.1) is 28.6 Å². The first-order valence-electron chi connectivity index (χ1n) is 11.8. The molecule has 2 unspecified atom stereocenters. The highest BCUT2D eigenvalue weighted by atomic mass is 79.9. The number of ketones is 1. The van der Waals surface area contributed by atoms with Crippen LogP contribution >= 0.6 is 15.9 Å². The van der Waals surface area contributed by atoms with Crippen LogP contribution in [-0.2, 0) is 4.79 Å². The molecule has 0 radical (unpaired) electrons. The minimum absolute atomic E-state index is 0.0991. The number of ether oxygens (including phenoxy) is 2. The Morgan fingerprint density at radius 1 is 1.31 bits per heavy atom. The van der Waals surface area contributed by atoms with Gasteiger partial charge in [0.2, 0.25) is 0 Å². The first-order valence-corrected chi connectivity index (χ1v) is 12.6. The molecule has 2 atom stereocenters. The molecular formula is C26H30BrN5O3. The SMILES string of the molecule is CCCC1CC(=O)C2=C(C1)NC(C)=C(C#N)C2c1cc(Br)c(OCC=CCN=[N+]=[N-])c(OCC)c1. The Hall–Kier alpha value is -3.21. The van der Waals surface area contributed by atoms with E-state index in [0.29, 0.717) is 46.1 Å². The predicted octanol–water partition coefficient (Wildman–Crippen LogP) is 6.61. The zero-order valence-electron chi connectivity index (χ0n) is 20.3. The molecule has 3 rings (SSSR count). The van der Waals surface area contributed by atoms with Gasteiger partial charge in [0, 0.05) is 34.8 Å². The number of nitrogens with one attached hydrogen (secondary N) is 1. The Balaban J connectivity index is 2.01. The van der Waals surface area contributed by atoms with Crippen LogP contribution in [0.3, 0.4) is 0 Å². The van der Waals surface area contributed by atoms with Crippen molar-refractivity contribution in [1.29, 1.82) is 5.26 Å². The predicted molar refractivity (Wildman–Crippen MR) is 138 cm³/mol. The summed E-state index contributed by atoms with van der Waals surface area (Å²) < 4.78 is 12.5. The lowest BCUT2D eigenvalue weighted by Gasteiger charge is -2.35. The number of halogens is 1. The normalized spacial score (nSPS) is 19.7. The molecule has 0 bridgehead atoms. The second kappa shape index (κ2) is 12.5. The van der Waals surface area contributed by atoms with E-state index in [1.807, 2.05) is 26.0 Å². The molecule has 35 heavy (non-hydrogen) atoms. The fourth-order valence-corrected chi connectivity index (χ4v) is 5.30. The molecule has 1 N–H and O–H groups in total. The molecule has 0 spiro atoms. The van der Waals surface area contributed by atoms with E-state index in [0.717, 1.165) is 36.2 Å². The molecule has 2 aliphatic rings. The van der Waals surface area contributed by atoms with Crippen molar-refractivity contribution < 1.29 is 14.3 Å². The van der Waals surface area contributed by atoms with Crippen LogP contribution in [0.1, 0.15) is 57.9 Å². The number of carbonyl (C=O) groups is 1. The standard InChI is InChI=1S/C26H30BrN5O3/c1-4-8-17-11-21-25(22(33)12-17)24(19(15-28)16(3)31-21)18-13-20(27)26(23(14-18)34-5-2)35-10-7-6-9-30-32-29/h6-7,13-14,17,24,31H,4-5,8-12H2,1-3H3. The smallest absolute Gasteiger partial charge is 0.175 e. The molecule has 1 aliphatic carbocycles. The van der Waals surface area contributed by atoms with Crippen LogP contribution in [0.2, 0.25) is 0 Å². The number of carbonyl (C=O) groups excluding carboxylic acids is 1. The zero-order valence-corrected chi connectivity index (χ0v) is 21.9. The van der Waals surface area contributed by atoms with Crippen molar-refractivity contribution in [1.82, 2.24) is 5.32 Å². The number of hydrogen-bond acceptors (Lipinski definition) is 6. The number of azide groups is 1. The maximum Gasteiger partial charge on any atom is 0.175 e. The van der Waals surface area contributed by atoms with Crippen molar-refractivity contribution in [3.8, 4) is 17.6 Å². The highest BCUT2D eigenvalue weighted by Gasteiger charge is 2.39. The lowest BCUT2D eigenvalue weighted by Crippen LogP contribution is -2.34. The molecule has 1 aromatic carbocycles. The number of nitrogens with zero attached hydrogens (tertiary/aromatic N) is 4. The lowest BCUT2D eigenvalue weighted by atomic mass is 9.72. The number of Topliss-reactive ketones (excluding diaryl/α,β-unsaturated/α-hetero) is 1. The van der Waals surface area contributed by atoms with Gasteiger partial charge in [0.1, 0.15) is 6.61 Å². The van der Waals surface area contributed by atoms with Crippen molar-refractivity contribution >= 4 is 21.7 Å². The van der Waals surface area contributed by atoms with Crippen LogP contribution in [0.25, 0.3) is 10.4 Å². The van der Waals surface area contributed by atoms with Gasteiger partial charge < -0.3 is 14.8 Å². The summed E-state index contributed by atoms with van der Waals surface area (Å²) in [6, 6.07) is 6.10. The highest BCUT2D eigenvalue weighted by Crippen LogP contribution is 2.47. The molecular weight excluding hydrogens is 510 g/mol. The first kappa shape index (κ1) is 26.4. The van der Waals surface area contributed by atoms with E-state index >= 15 is 0 Å². The van der Waals surface area contributed by atoms with Gasteiger partial charge in [-0.2, -0.15) is 5.26 Å². The summed E-state index contributed by atoms with van der Waals surface area (Å²) in [7, 11) is 0. The number of dihydropyridines is 1. The molecule has 0 fully saturated rings. The van der Waals surface area contributed by atoms with Crippen molar-refractivity contribution in [3.63, 3.8) is 0 Å². The minimum Gasteiger partial charge on any atom is -0.490 e. The first-order chi connectivity index (χ1) is 16.9. The van der Waals surface area contributed by atoms with E-state index in [9.17, 15) is 10.1 Å². The molecule has 0 saturated heterocycles. The summed E-state index contributed by atoms with van der Waals surface area (Å²) in [5.41, 5.74) is 12.1. The Morgan fingerprint density at radius 3 is 2.80 bits per heavy atom. The topological polar surface area (TPSA) is 120 Å². The van der Waals surface area contributed by atoms with E-state index < -0.39 is 5.92 Å². The number of allylic oxidation sites excluding steroid dienone is 4. The van der Waals surface area contributed by atoms with Crippen molar-refractivity contribution in [2.45, 2.75) is 52.4 Å². The van der Waals surface area contributed by atoms with E-state index in [1.54, 1.807) is 12.2 Å². The average Bonchev–Trinajstić information content (AvgIpc) is 2.82. The summed E-state index contributed by atoms with van der Waals surface area (Å²) in [6.07, 6.45) is 6.84. The number of hydrogen-bond donors (Lipinski definition) is 1. The highest BCUT2D eigenvalue weighted by molar-refractivity contribution is 9.10. The maximum atomic E-state index is 13.3. The summed E-state index contributed by atoms with van der Waals surface area (Å²) in [5.74, 6) is 1.03. The van der Waals surface area contributed by atoms with Gasteiger partial charge in [0.15, 0.2) is 17.3 Å². The third-order valence-corrected chi connectivity index (χ3v) is 6.72. The zero-order chi connectivity index (χ0) is 25.4. The van der Waals surface area contributed by atoms with E-state index in [4.69, 9.17) is 15.0 Å². The fraction of sp³-hybridized carbons (Fsp3) is 0.462. The van der Waals surface area contributed by atoms with Crippen molar-refractivity contribution in [2.24, 2.45) is 11.0 Å². The van der Waals surface area contributed by atoms with Gasteiger partial charge in [-0.05, 0) is 71.8 Å². The molecule has 1 aliphatic heterocycles. The Labute approximate surface area is 214 Å². The second-order valence-electron chi connectivity index (χ2n) is 8.55. The lowest BCUT2D eigenvalue weighted by molar-refractivity contribution is -0.117. The third-order valence-electron chi connectivity index (χ3n) is 6.14. The largest absolute Gasteiger partial charge is 0.490 e. The molecule has 184 valence electrons. The fourth-order valence-electron chi connectivity index (χ4n) is 4.73. The number of nitriles is 1. The Morgan fingerprint density at radius 2 is 2.11 bits per heavy atom. The van der Waals surface area contributed by atoms with Crippen molar-refractivity contribution in [2.75, 3.05) is 19.8 Å². The van der Waals surface area contributed by atoms with Crippen LogP contribution in [0, 0.1) is 17.2 Å². The second-order valence-corrected chi connectivity index (χ2v) is 9.40. The number of benzene rings is 1. The quantitative estimate of drug-likeness (QED) is 0.155. The Bertz CT molecular complexity index is 1160. The van der Waals surface area contributed by atoms with Crippen molar-refractivity contribution in [3.05, 3.63) is 67.3 Å². The van der Waals surface area contributed by atoms with E-state index in [-0.39, 0.29) is 18.9 Å². The summed E-state index contributed by atoms with van der Waals surface area (Å²) in [4.78, 5) is 16.1. The molecule has 1 aromatic rings. The van der Waals surface area contributed by atoms with E-state index in [2.05, 4.69) is 44.3 Å². The molecule has 0 amide bonds. The molecule has 0 aromatic heterocycles. The third kappa shape index (κ3) is 6.08. The molecule has 8 nitrogen and oxygen atoms in total. The van der Waals surface area contributed by atoms with Gasteiger partial charge in [-0.25, -0.2) is 0 Å². The molecule has 9 heteroatoms. The summed E-state index contributed by atoms with van der Waals surface area (Å²) >= 11 is 3.61. The van der Waals surface area contributed by atoms with E-state index in [1.165, 1.54) is 0 Å². The van der Waals surface area contributed by atoms with Crippen LogP contribution in [0.15, 0.2) is 56.4 Å². The Kier molecular flexibility index (Phi) is 9.41. The van der Waals surface area contributed by atoms with Gasteiger partial charge in [0.25, 0.3) is 0 Å². The van der Waals surface area contributed by atoms with Gasteiger partial charge >= 0.3 is 0 Å². The number of rotatable bonds is 10. The van der Waals surface area contributed by atoms with Crippen LogP contribution in [-0.4, -0.2) is 25.5 Å². The molecule has 0 saturated carbocycles. The minimum atomic E-state index is -0.459. The molecule has 1 heterocycles. The summed E-state index contributed by atoms with van der Waals surface area (Å²) in [6.45, 7) is 6.86. The average molecular weight is 540 g/mol. The summed E-state index contributed by atoms with van der Waals surface area (Å²) in [5, 5.41) is 16.8. The van der Waals surface area contributed by atoms with Crippen LogP contribution in [0.4, 0.5) is 0 Å². The van der Waals surface area contributed by atoms with Crippen LogP contribution < -0.4 is 14.8 Å².